The van der Waals surface area contributed by atoms with Gasteiger partial charge in [-0.3, -0.25) is 9.98 Å². The summed E-state index contributed by atoms with van der Waals surface area (Å²) in [7, 11) is 0. The van der Waals surface area contributed by atoms with Crippen molar-refractivity contribution in [2.75, 3.05) is 0 Å². The molecule has 3 rings (SSSR count). The van der Waals surface area contributed by atoms with Gasteiger partial charge in [-0.05, 0) is 104 Å². The Morgan fingerprint density at radius 3 is 2.04 bits per heavy atom. The summed E-state index contributed by atoms with van der Waals surface area (Å²) in [4.78, 5) is 8.51. The fourth-order valence-corrected chi connectivity index (χ4v) is 6.33. The number of rotatable bonds is 4. The van der Waals surface area contributed by atoms with Gasteiger partial charge in [0, 0.05) is 0 Å². The fraction of sp³-hybridized carbons (Fsp3) is 0.909. The molecule has 0 unspecified atom stereocenters. The second-order valence-electron chi connectivity index (χ2n) is 10.4. The number of aliphatic hydroxyl groups excluding tert-OH is 1. The first-order valence-corrected chi connectivity index (χ1v) is 10.8. The van der Waals surface area contributed by atoms with Crippen LogP contribution in [0.2, 0.25) is 0 Å². The molecule has 0 aromatic carbocycles. The molecule has 0 radical (unpaired) electrons. The highest BCUT2D eigenvalue weighted by Gasteiger charge is 2.61. The summed E-state index contributed by atoms with van der Waals surface area (Å²) in [5, 5.41) is 11.4. The first-order valence-electron chi connectivity index (χ1n) is 10.4. The maximum atomic E-state index is 11.4. The number of fused-ring (bicyclic) bond motifs is 1. The van der Waals surface area contributed by atoms with Gasteiger partial charge in [0.05, 0.1) is 33.8 Å². The Morgan fingerprint density at radius 1 is 0.963 bits per heavy atom. The van der Waals surface area contributed by atoms with E-state index in [0.29, 0.717) is 5.92 Å². The predicted octanol–water partition coefficient (Wildman–Crippen LogP) is 4.66. The average molecular weight is 397 g/mol. The van der Waals surface area contributed by atoms with Gasteiger partial charge in [0.25, 0.3) is 0 Å². The molecule has 1 heterocycles. The van der Waals surface area contributed by atoms with E-state index in [9.17, 15) is 5.11 Å². The first kappa shape index (κ1) is 21.3. The third kappa shape index (κ3) is 3.40. The molecule has 154 valence electrons. The van der Waals surface area contributed by atoms with E-state index in [4.69, 9.17) is 16.3 Å². The van der Waals surface area contributed by atoms with E-state index in [0.717, 1.165) is 38.5 Å². The van der Waals surface area contributed by atoms with Crippen LogP contribution in [0, 0.1) is 17.8 Å². The lowest BCUT2D eigenvalue weighted by molar-refractivity contribution is -0.163. The van der Waals surface area contributed by atoms with Crippen molar-refractivity contribution in [1.29, 1.82) is 0 Å². The third-order valence-electron chi connectivity index (χ3n) is 8.24. The summed E-state index contributed by atoms with van der Waals surface area (Å²) < 4.78 is 6.62. The molecule has 2 aliphatic carbocycles. The summed E-state index contributed by atoms with van der Waals surface area (Å²) >= 11 is 6.59. The zero-order valence-electron chi connectivity index (χ0n) is 17.7. The Kier molecular flexibility index (Phi) is 5.36. The molecule has 0 aromatic heterocycles. The molecule has 0 aromatic rings. The molecule has 27 heavy (non-hydrogen) atoms. The van der Waals surface area contributed by atoms with Gasteiger partial charge >= 0.3 is 0 Å². The molecule has 1 aliphatic heterocycles. The molecule has 3 aliphatic rings. The number of aliphatic hydroxyl groups is 1. The Morgan fingerprint density at radius 2 is 1.52 bits per heavy atom. The van der Waals surface area contributed by atoms with E-state index in [2.05, 4.69) is 37.3 Å². The van der Waals surface area contributed by atoms with Crippen LogP contribution in [0.4, 0.5) is 0 Å². The molecule has 4 nitrogen and oxygen atoms in total. The van der Waals surface area contributed by atoms with E-state index < -0.39 is 11.6 Å². The van der Waals surface area contributed by atoms with Crippen molar-refractivity contribution in [2.45, 2.75) is 107 Å². The molecule has 1 N–H and O–H groups in total. The molecule has 0 amide bonds. The Labute approximate surface area is 169 Å². The molecule has 5 heteroatoms. The van der Waals surface area contributed by atoms with Crippen molar-refractivity contribution in [1.82, 2.24) is 0 Å². The number of nitrogens with zero attached hydrogens (tertiary/aromatic N) is 2. The lowest BCUT2D eigenvalue weighted by Crippen LogP contribution is -2.62. The molecule has 1 saturated heterocycles. The van der Waals surface area contributed by atoms with Crippen molar-refractivity contribution in [3.8, 4) is 0 Å². The molecule has 0 spiro atoms. The van der Waals surface area contributed by atoms with Crippen LogP contribution in [0.3, 0.4) is 0 Å². The Hall–Kier alpha value is -0.450. The number of ether oxygens (including phenoxy) is 1. The zero-order chi connectivity index (χ0) is 20.3. The first-order chi connectivity index (χ1) is 12.4. The fourth-order valence-electron chi connectivity index (χ4n) is 6.17. The minimum atomic E-state index is -0.538. The number of hydrogen-bond acceptors (Lipinski definition) is 4. The van der Waals surface area contributed by atoms with Crippen LogP contribution in [0.15, 0.2) is 9.98 Å². The van der Waals surface area contributed by atoms with Gasteiger partial charge in [-0.15, -0.1) is 11.6 Å². The van der Waals surface area contributed by atoms with Gasteiger partial charge in [0.15, 0.2) is 0 Å². The molecular weight excluding hydrogens is 360 g/mol. The van der Waals surface area contributed by atoms with Gasteiger partial charge < -0.3 is 9.84 Å². The molecule has 8 atom stereocenters. The van der Waals surface area contributed by atoms with Crippen LogP contribution < -0.4 is 0 Å². The van der Waals surface area contributed by atoms with Crippen molar-refractivity contribution in [2.24, 2.45) is 27.7 Å². The second kappa shape index (κ2) is 6.81. The summed E-state index contributed by atoms with van der Waals surface area (Å²) in [5.74, 6) is 0.639. The number of halogens is 1. The smallest absolute Gasteiger partial charge is 0.0833 e. The van der Waals surface area contributed by atoms with E-state index in [1.807, 2.05) is 20.8 Å². The number of hydrogen-bond donors (Lipinski definition) is 1. The quantitative estimate of drug-likeness (QED) is 0.555. The summed E-state index contributed by atoms with van der Waals surface area (Å²) in [6.07, 6.45) is 5.24. The standard InChI is InChI=1S/C22H37ClN2O2/c1-19(2,23)16-10-13-22(5,27-16)15-9-11-20(3,24-6)14-8-12-21(4,25-7)18(26)17(14)15/h14-18,26H,6-13H2,1-5H3/t14-,15+,16+,17+,18+,20+,21+,22-/m1/s1. The van der Waals surface area contributed by atoms with Gasteiger partial charge in [0.2, 0.25) is 0 Å². The highest BCUT2D eigenvalue weighted by atomic mass is 35.5. The van der Waals surface area contributed by atoms with Gasteiger partial charge in [-0.2, -0.15) is 0 Å². The molecular formula is C22H37ClN2O2. The van der Waals surface area contributed by atoms with Gasteiger partial charge in [-0.1, -0.05) is 0 Å². The maximum absolute atomic E-state index is 11.4. The minimum absolute atomic E-state index is 0.0399. The van der Waals surface area contributed by atoms with Gasteiger partial charge in [0.1, 0.15) is 0 Å². The van der Waals surface area contributed by atoms with Crippen molar-refractivity contribution in [3.63, 3.8) is 0 Å². The average Bonchev–Trinajstić information content (AvgIpc) is 3.02. The Balaban J connectivity index is 1.96. The lowest BCUT2D eigenvalue weighted by atomic mass is 9.51. The summed E-state index contributed by atoms with van der Waals surface area (Å²) in [5.41, 5.74) is -0.966. The minimum Gasteiger partial charge on any atom is -0.390 e. The highest BCUT2D eigenvalue weighted by Crippen LogP contribution is 2.58. The normalized spacial score (nSPS) is 50.9. The Bertz CT molecular complexity index is 606. The van der Waals surface area contributed by atoms with Crippen LogP contribution in [-0.4, -0.2) is 52.3 Å². The summed E-state index contributed by atoms with van der Waals surface area (Å²) in [6, 6.07) is 0. The van der Waals surface area contributed by atoms with Crippen LogP contribution in [0.5, 0.6) is 0 Å². The number of aliphatic imine (C=N–C) groups is 2. The molecule has 0 bridgehead atoms. The molecule has 3 fully saturated rings. The van der Waals surface area contributed by atoms with Crippen LogP contribution >= 0.6 is 11.6 Å². The number of alkyl halides is 1. The van der Waals surface area contributed by atoms with Crippen molar-refractivity contribution >= 4 is 25.0 Å². The van der Waals surface area contributed by atoms with Crippen molar-refractivity contribution in [3.05, 3.63) is 0 Å². The maximum Gasteiger partial charge on any atom is 0.0833 e. The monoisotopic (exact) mass is 396 g/mol. The topological polar surface area (TPSA) is 54.2 Å². The zero-order valence-corrected chi connectivity index (χ0v) is 18.4. The predicted molar refractivity (Wildman–Crippen MR) is 113 cm³/mol. The van der Waals surface area contributed by atoms with E-state index in [1.54, 1.807) is 0 Å². The van der Waals surface area contributed by atoms with E-state index in [1.165, 1.54) is 0 Å². The van der Waals surface area contributed by atoms with Crippen LogP contribution in [0.1, 0.15) is 73.1 Å². The van der Waals surface area contributed by atoms with Crippen molar-refractivity contribution < 1.29 is 9.84 Å². The largest absolute Gasteiger partial charge is 0.390 e. The lowest BCUT2D eigenvalue weighted by Gasteiger charge is -2.58. The summed E-state index contributed by atoms with van der Waals surface area (Å²) in [6.45, 7) is 18.2. The molecule has 2 saturated carbocycles. The third-order valence-corrected chi connectivity index (χ3v) is 8.48. The second-order valence-corrected chi connectivity index (χ2v) is 11.3. The van der Waals surface area contributed by atoms with E-state index >= 15 is 0 Å². The highest BCUT2D eigenvalue weighted by molar-refractivity contribution is 6.23. The van der Waals surface area contributed by atoms with Crippen LogP contribution in [-0.2, 0) is 4.74 Å². The SMILES string of the molecule is C=N[C@@]1(C)CC[C@H]([C@@]2(C)CC[C@@H](C(C)(C)Cl)O2)[C@@H]2[C@H]1CC[C@](C)(N=C)[C@H]2O. The van der Waals surface area contributed by atoms with Gasteiger partial charge in [-0.25, -0.2) is 0 Å². The van der Waals surface area contributed by atoms with E-state index in [-0.39, 0.29) is 34.0 Å². The van der Waals surface area contributed by atoms with Crippen LogP contribution in [0.25, 0.3) is 0 Å².